The van der Waals surface area contributed by atoms with Crippen LogP contribution in [-0.2, 0) is 0 Å². The zero-order valence-electron chi connectivity index (χ0n) is 16.0. The van der Waals surface area contributed by atoms with Gasteiger partial charge in [-0.05, 0) is 48.0 Å². The highest BCUT2D eigenvalue weighted by Gasteiger charge is 2.14. The Labute approximate surface area is 180 Å². The van der Waals surface area contributed by atoms with E-state index in [4.69, 9.17) is 9.47 Å². The number of aromatic nitrogens is 1. The molecule has 0 N–H and O–H groups in total. The summed E-state index contributed by atoms with van der Waals surface area (Å²) >= 11 is 1.24. The second-order valence-electron chi connectivity index (χ2n) is 6.62. The van der Waals surface area contributed by atoms with Crippen LogP contribution >= 0.6 is 11.3 Å². The van der Waals surface area contributed by atoms with Crippen molar-refractivity contribution in [1.29, 1.82) is 0 Å². The Morgan fingerprint density at radius 1 is 0.903 bits per heavy atom. The van der Waals surface area contributed by atoms with E-state index in [-0.39, 0.29) is 18.3 Å². The molecule has 0 bridgehead atoms. The number of halogens is 2. The molecule has 1 aliphatic rings. The minimum atomic E-state index is -0.449. The Morgan fingerprint density at radius 3 is 2.52 bits per heavy atom. The maximum atomic E-state index is 14.5. The lowest BCUT2D eigenvalue weighted by Gasteiger charge is -2.05. The molecule has 0 fully saturated rings. The summed E-state index contributed by atoms with van der Waals surface area (Å²) in [7, 11) is 0. The average Bonchev–Trinajstić information content (AvgIpc) is 3.41. The maximum Gasteiger partial charge on any atom is 0.231 e. The van der Waals surface area contributed by atoms with Crippen molar-refractivity contribution in [2.24, 2.45) is 10.1 Å². The molecule has 0 saturated heterocycles. The number of para-hydroxylation sites is 1. The molecule has 5 nitrogen and oxygen atoms in total. The lowest BCUT2D eigenvalue weighted by Crippen LogP contribution is -2.12. The molecule has 4 aromatic rings. The van der Waals surface area contributed by atoms with Crippen molar-refractivity contribution in [2.45, 2.75) is 0 Å². The fourth-order valence-electron chi connectivity index (χ4n) is 3.11. The topological polar surface area (TPSA) is 48.1 Å². The minimum absolute atomic E-state index is 0.177. The van der Waals surface area contributed by atoms with Crippen LogP contribution in [0.5, 0.6) is 11.5 Å². The fraction of sp³-hybridized carbons (Fsp3) is 0.0435. The smallest absolute Gasteiger partial charge is 0.231 e. The zero-order chi connectivity index (χ0) is 21.2. The predicted molar refractivity (Wildman–Crippen MR) is 115 cm³/mol. The van der Waals surface area contributed by atoms with Crippen LogP contribution in [0.15, 0.2) is 82.2 Å². The van der Waals surface area contributed by atoms with E-state index in [2.05, 4.69) is 10.1 Å². The number of fused-ring (bicyclic) bond motifs is 1. The van der Waals surface area contributed by atoms with Crippen LogP contribution in [0.3, 0.4) is 0 Å². The molecule has 3 aromatic carbocycles. The van der Waals surface area contributed by atoms with E-state index in [1.807, 2.05) is 6.07 Å². The number of nitrogens with zero attached hydrogens (tertiary/aromatic N) is 3. The third-order valence-corrected chi connectivity index (χ3v) is 5.44. The van der Waals surface area contributed by atoms with E-state index in [0.717, 1.165) is 5.56 Å². The van der Waals surface area contributed by atoms with Crippen molar-refractivity contribution < 1.29 is 18.3 Å². The highest BCUT2D eigenvalue weighted by Crippen LogP contribution is 2.32. The summed E-state index contributed by atoms with van der Waals surface area (Å²) in [4.78, 5) is 4.82. The molecule has 31 heavy (non-hydrogen) atoms. The highest BCUT2D eigenvalue weighted by molar-refractivity contribution is 7.07. The first-order chi connectivity index (χ1) is 15.2. The van der Waals surface area contributed by atoms with E-state index in [9.17, 15) is 8.78 Å². The third kappa shape index (κ3) is 3.85. The molecule has 0 saturated carbocycles. The second-order valence-corrected chi connectivity index (χ2v) is 7.45. The van der Waals surface area contributed by atoms with Crippen LogP contribution < -0.4 is 14.3 Å². The maximum absolute atomic E-state index is 14.5. The van der Waals surface area contributed by atoms with Crippen molar-refractivity contribution in [3.63, 3.8) is 0 Å². The monoisotopic (exact) mass is 435 g/mol. The number of hydrogen-bond acceptors (Lipinski definition) is 5. The number of benzene rings is 3. The van der Waals surface area contributed by atoms with E-state index in [0.29, 0.717) is 27.6 Å². The standard InChI is InChI=1S/C23H15F2N3O2S/c24-17-6-2-1-5-16(17)20-13-31-23(27-19-8-4-3-7-18(19)25)28(20)26-12-15-9-10-21-22(11-15)30-14-29-21/h1-13H,14H2. The highest BCUT2D eigenvalue weighted by atomic mass is 32.1. The first kappa shape index (κ1) is 19.2. The van der Waals surface area contributed by atoms with Gasteiger partial charge in [0.2, 0.25) is 11.6 Å². The van der Waals surface area contributed by atoms with Gasteiger partial charge in [-0.1, -0.05) is 24.3 Å². The van der Waals surface area contributed by atoms with E-state index in [1.165, 1.54) is 28.1 Å². The molecular formula is C23H15F2N3O2S. The molecule has 0 radical (unpaired) electrons. The first-order valence-corrected chi connectivity index (χ1v) is 10.3. The van der Waals surface area contributed by atoms with E-state index < -0.39 is 5.82 Å². The van der Waals surface area contributed by atoms with Gasteiger partial charge in [0.05, 0.1) is 11.9 Å². The molecule has 1 aromatic heterocycles. The minimum Gasteiger partial charge on any atom is -0.454 e. The molecule has 0 spiro atoms. The summed E-state index contributed by atoms with van der Waals surface area (Å²) in [6.45, 7) is 0.179. The van der Waals surface area contributed by atoms with Gasteiger partial charge in [-0.25, -0.2) is 18.4 Å². The SMILES string of the molecule is Fc1ccccc1N=c1scc(-c2ccccc2F)n1N=Cc1ccc2c(c1)OCO2. The van der Waals surface area contributed by atoms with Crippen LogP contribution in [0.4, 0.5) is 14.5 Å². The van der Waals surface area contributed by atoms with E-state index in [1.54, 1.807) is 60.1 Å². The summed E-state index contributed by atoms with van der Waals surface area (Å²) in [5.74, 6) is 0.465. The van der Waals surface area contributed by atoms with Crippen LogP contribution in [0, 0.1) is 11.6 Å². The molecule has 0 unspecified atom stereocenters. The van der Waals surface area contributed by atoms with Gasteiger partial charge in [0.25, 0.3) is 0 Å². The molecular weight excluding hydrogens is 420 g/mol. The quantitative estimate of drug-likeness (QED) is 0.407. The predicted octanol–water partition coefficient (Wildman–Crippen LogP) is 5.34. The van der Waals surface area contributed by atoms with Crippen LogP contribution in [-0.4, -0.2) is 17.7 Å². The summed E-state index contributed by atoms with van der Waals surface area (Å²) in [6.07, 6.45) is 1.61. The number of rotatable bonds is 4. The van der Waals surface area contributed by atoms with Gasteiger partial charge in [-0.3, -0.25) is 0 Å². The summed E-state index contributed by atoms with van der Waals surface area (Å²) in [5, 5.41) is 6.27. The molecule has 0 amide bonds. The molecule has 1 aliphatic heterocycles. The molecule has 2 heterocycles. The van der Waals surface area contributed by atoms with Gasteiger partial charge in [-0.15, -0.1) is 11.3 Å². The average molecular weight is 435 g/mol. The molecule has 8 heteroatoms. The second kappa shape index (κ2) is 8.16. The molecule has 154 valence electrons. The van der Waals surface area contributed by atoms with Gasteiger partial charge >= 0.3 is 0 Å². The molecule has 0 aliphatic carbocycles. The largest absolute Gasteiger partial charge is 0.454 e. The van der Waals surface area contributed by atoms with Gasteiger partial charge < -0.3 is 9.47 Å². The lowest BCUT2D eigenvalue weighted by molar-refractivity contribution is 0.174. The van der Waals surface area contributed by atoms with Crippen LogP contribution in [0.25, 0.3) is 11.3 Å². The van der Waals surface area contributed by atoms with Gasteiger partial charge in [0.15, 0.2) is 11.5 Å². The van der Waals surface area contributed by atoms with Gasteiger partial charge in [0, 0.05) is 10.9 Å². The normalized spacial score (nSPS) is 13.3. The molecule has 0 atom stereocenters. The Balaban J connectivity index is 1.64. The summed E-state index contributed by atoms with van der Waals surface area (Å²) in [5.41, 5.74) is 1.82. The van der Waals surface area contributed by atoms with Gasteiger partial charge in [-0.2, -0.15) is 5.10 Å². The Bertz CT molecular complexity index is 1360. The lowest BCUT2D eigenvalue weighted by atomic mass is 10.1. The van der Waals surface area contributed by atoms with Crippen molar-refractivity contribution >= 4 is 23.2 Å². The number of ether oxygens (including phenoxy) is 2. The van der Waals surface area contributed by atoms with E-state index >= 15 is 0 Å². The summed E-state index contributed by atoms with van der Waals surface area (Å²) < 4.78 is 40.9. The van der Waals surface area contributed by atoms with Crippen molar-refractivity contribution in [3.8, 4) is 22.8 Å². The van der Waals surface area contributed by atoms with Crippen molar-refractivity contribution in [2.75, 3.05) is 6.79 Å². The Kier molecular flexibility index (Phi) is 5.05. The Morgan fingerprint density at radius 2 is 1.68 bits per heavy atom. The van der Waals surface area contributed by atoms with Gasteiger partial charge in [0.1, 0.15) is 17.3 Å². The fourth-order valence-corrected chi connectivity index (χ4v) is 3.95. The van der Waals surface area contributed by atoms with Crippen LogP contribution in [0.2, 0.25) is 0 Å². The first-order valence-electron chi connectivity index (χ1n) is 9.38. The number of hydrogen-bond donors (Lipinski definition) is 0. The Hall–Kier alpha value is -3.78. The summed E-state index contributed by atoms with van der Waals surface area (Å²) in [6, 6.07) is 18.1. The zero-order valence-corrected chi connectivity index (χ0v) is 16.9. The third-order valence-electron chi connectivity index (χ3n) is 4.62. The number of thiazole rings is 1. The van der Waals surface area contributed by atoms with Crippen molar-refractivity contribution in [1.82, 2.24) is 4.68 Å². The van der Waals surface area contributed by atoms with Crippen molar-refractivity contribution in [3.05, 3.63) is 94.1 Å². The van der Waals surface area contributed by atoms with Crippen LogP contribution in [0.1, 0.15) is 5.56 Å². The molecule has 5 rings (SSSR count).